The van der Waals surface area contributed by atoms with Crippen LogP contribution in [0.25, 0.3) is 0 Å². The first kappa shape index (κ1) is 22.9. The van der Waals surface area contributed by atoms with E-state index >= 15 is 0 Å². The Morgan fingerprint density at radius 2 is 1.59 bits per heavy atom. The zero-order valence-corrected chi connectivity index (χ0v) is 19.8. The van der Waals surface area contributed by atoms with Gasteiger partial charge in [0.05, 0.1) is 4.90 Å². The van der Waals surface area contributed by atoms with Crippen molar-refractivity contribution in [2.75, 3.05) is 52.4 Å². The summed E-state index contributed by atoms with van der Waals surface area (Å²) in [7, 11) is -3.72. The van der Waals surface area contributed by atoms with Crippen molar-refractivity contribution in [3.8, 4) is 0 Å². The molecule has 1 aromatic heterocycles. The highest BCUT2D eigenvalue weighted by atomic mass is 32.2. The first-order valence-electron chi connectivity index (χ1n) is 10.7. The van der Waals surface area contributed by atoms with Crippen molar-refractivity contribution in [2.45, 2.75) is 18.4 Å². The van der Waals surface area contributed by atoms with Gasteiger partial charge in [-0.25, -0.2) is 8.42 Å². The molecular weight excluding hydrogens is 448 g/mol. The number of amides is 2. The zero-order valence-electron chi connectivity index (χ0n) is 18.1. The largest absolute Gasteiger partial charge is 0.340 e. The van der Waals surface area contributed by atoms with Gasteiger partial charge in [0.1, 0.15) is 0 Å². The summed E-state index contributed by atoms with van der Waals surface area (Å²) < 4.78 is 27.6. The van der Waals surface area contributed by atoms with Crippen LogP contribution in [0.15, 0.2) is 46.7 Å². The van der Waals surface area contributed by atoms with Gasteiger partial charge in [0.15, 0.2) is 0 Å². The van der Waals surface area contributed by atoms with Gasteiger partial charge in [-0.05, 0) is 29.6 Å². The fraction of sp³-hybridized carbons (Fsp3) is 0.455. The molecule has 0 atom stereocenters. The minimum absolute atomic E-state index is 0.0508. The molecule has 0 radical (unpaired) electrons. The lowest BCUT2D eigenvalue weighted by atomic mass is 10.2. The van der Waals surface area contributed by atoms with Crippen LogP contribution in [0.5, 0.6) is 0 Å². The normalized spacial score (nSPS) is 18.7. The minimum Gasteiger partial charge on any atom is -0.340 e. The smallest absolute Gasteiger partial charge is 0.253 e. The number of carbonyl (C=O) groups excluding carboxylic acids is 2. The highest BCUT2D eigenvalue weighted by Gasteiger charge is 2.30. The molecule has 2 fully saturated rings. The second-order valence-corrected chi connectivity index (χ2v) is 11.1. The van der Waals surface area contributed by atoms with Crippen LogP contribution in [0.3, 0.4) is 0 Å². The molecule has 1 aromatic carbocycles. The van der Waals surface area contributed by atoms with Crippen LogP contribution in [-0.4, -0.2) is 91.6 Å². The Morgan fingerprint density at radius 3 is 2.22 bits per heavy atom. The predicted molar refractivity (Wildman–Crippen MR) is 123 cm³/mol. The molecule has 0 spiro atoms. The summed E-state index contributed by atoms with van der Waals surface area (Å²) in [5.74, 6) is -0.190. The van der Waals surface area contributed by atoms with Crippen molar-refractivity contribution in [1.82, 2.24) is 19.0 Å². The Bertz CT molecular complexity index is 1060. The number of hydrogen-bond donors (Lipinski definition) is 0. The Balaban J connectivity index is 1.39. The van der Waals surface area contributed by atoms with Crippen LogP contribution in [0.1, 0.15) is 22.2 Å². The number of hydrogen-bond acceptors (Lipinski definition) is 6. The predicted octanol–water partition coefficient (Wildman–Crippen LogP) is 1.56. The van der Waals surface area contributed by atoms with Crippen LogP contribution in [0.4, 0.5) is 0 Å². The Hall–Kier alpha value is -2.27. The number of nitrogens with zero attached hydrogens (tertiary/aromatic N) is 4. The number of carbonyl (C=O) groups is 2. The van der Waals surface area contributed by atoms with Crippen LogP contribution in [0, 0.1) is 0 Å². The molecule has 2 aliphatic rings. The van der Waals surface area contributed by atoms with Crippen molar-refractivity contribution >= 4 is 33.2 Å². The molecule has 10 heteroatoms. The van der Waals surface area contributed by atoms with Crippen LogP contribution >= 0.6 is 11.3 Å². The van der Waals surface area contributed by atoms with Crippen LogP contribution in [-0.2, 0) is 21.4 Å². The Morgan fingerprint density at radius 1 is 0.906 bits per heavy atom. The molecule has 0 bridgehead atoms. The van der Waals surface area contributed by atoms with Gasteiger partial charge >= 0.3 is 0 Å². The van der Waals surface area contributed by atoms with Crippen molar-refractivity contribution in [3.63, 3.8) is 0 Å². The van der Waals surface area contributed by atoms with E-state index in [-0.39, 0.29) is 29.8 Å². The fourth-order valence-corrected chi connectivity index (χ4v) is 6.31. The van der Waals surface area contributed by atoms with E-state index in [0.717, 1.165) is 19.6 Å². The van der Waals surface area contributed by atoms with Crippen LogP contribution in [0.2, 0.25) is 0 Å². The molecule has 2 saturated heterocycles. The molecule has 172 valence electrons. The van der Waals surface area contributed by atoms with Gasteiger partial charge in [0.25, 0.3) is 5.91 Å². The van der Waals surface area contributed by atoms with Gasteiger partial charge < -0.3 is 9.80 Å². The molecule has 2 aliphatic heterocycles. The maximum atomic E-state index is 13.1. The molecule has 8 nitrogen and oxygen atoms in total. The van der Waals surface area contributed by atoms with Gasteiger partial charge in [0.2, 0.25) is 15.9 Å². The molecule has 0 aliphatic carbocycles. The van der Waals surface area contributed by atoms with Crippen molar-refractivity contribution < 1.29 is 18.0 Å². The number of sulfonamides is 1. The van der Waals surface area contributed by atoms with Crippen LogP contribution < -0.4 is 0 Å². The lowest BCUT2D eigenvalue weighted by Gasteiger charge is -2.35. The highest BCUT2D eigenvalue weighted by molar-refractivity contribution is 7.89. The SMILES string of the molecule is CC(=O)N1CCN(S(=O)(=O)c2cccc(C(=O)N3CCN(Cc4cccs4)CC3)c2)CC1. The van der Waals surface area contributed by atoms with E-state index in [9.17, 15) is 18.0 Å². The molecular formula is C22H28N4O4S2. The van der Waals surface area contributed by atoms with E-state index in [2.05, 4.69) is 16.3 Å². The summed E-state index contributed by atoms with van der Waals surface area (Å²) in [6.07, 6.45) is 0. The summed E-state index contributed by atoms with van der Waals surface area (Å²) >= 11 is 1.74. The molecule has 0 saturated carbocycles. The lowest BCUT2D eigenvalue weighted by Crippen LogP contribution is -2.50. The average molecular weight is 477 g/mol. The fourth-order valence-electron chi connectivity index (χ4n) is 4.10. The first-order valence-corrected chi connectivity index (χ1v) is 13.1. The van der Waals surface area contributed by atoms with Gasteiger partial charge in [-0.15, -0.1) is 11.3 Å². The van der Waals surface area contributed by atoms with Crippen molar-refractivity contribution in [2.24, 2.45) is 0 Å². The van der Waals surface area contributed by atoms with E-state index in [1.807, 2.05) is 6.07 Å². The van der Waals surface area contributed by atoms with Gasteiger partial charge in [-0.3, -0.25) is 14.5 Å². The summed E-state index contributed by atoms with van der Waals surface area (Å²) in [6, 6.07) is 10.5. The maximum Gasteiger partial charge on any atom is 0.253 e. The molecule has 3 heterocycles. The molecule has 32 heavy (non-hydrogen) atoms. The van der Waals surface area contributed by atoms with Gasteiger partial charge in [0, 0.05) is 76.3 Å². The standard InChI is InChI=1S/C22H28N4O4S2/c1-18(27)24-11-13-26(14-12-24)32(29,30)21-6-2-4-19(16-21)22(28)25-9-7-23(8-10-25)17-20-5-3-15-31-20/h2-6,15-16H,7-14,17H2,1H3. The number of rotatable bonds is 5. The summed E-state index contributed by atoms with van der Waals surface area (Å²) in [5.41, 5.74) is 0.389. The second kappa shape index (κ2) is 9.70. The van der Waals surface area contributed by atoms with E-state index in [0.29, 0.717) is 31.7 Å². The lowest BCUT2D eigenvalue weighted by molar-refractivity contribution is -0.129. The topological polar surface area (TPSA) is 81.2 Å². The van der Waals surface area contributed by atoms with Crippen molar-refractivity contribution in [1.29, 1.82) is 0 Å². The van der Waals surface area contributed by atoms with E-state index in [1.165, 1.54) is 28.2 Å². The molecule has 0 N–H and O–H groups in total. The van der Waals surface area contributed by atoms with Gasteiger partial charge in [-0.2, -0.15) is 4.31 Å². The van der Waals surface area contributed by atoms with Gasteiger partial charge in [-0.1, -0.05) is 12.1 Å². The number of thiophene rings is 1. The first-order chi connectivity index (χ1) is 15.3. The summed E-state index contributed by atoms with van der Waals surface area (Å²) in [4.78, 5) is 31.8. The molecule has 0 unspecified atom stereocenters. The average Bonchev–Trinajstić information content (AvgIpc) is 3.32. The summed E-state index contributed by atoms with van der Waals surface area (Å²) in [6.45, 7) is 6.47. The van der Waals surface area contributed by atoms with Crippen molar-refractivity contribution in [3.05, 3.63) is 52.2 Å². The van der Waals surface area contributed by atoms with E-state index < -0.39 is 10.0 Å². The van der Waals surface area contributed by atoms with E-state index in [4.69, 9.17) is 0 Å². The zero-order chi connectivity index (χ0) is 22.7. The molecule has 2 aromatic rings. The third-order valence-electron chi connectivity index (χ3n) is 6.02. The third-order valence-corrected chi connectivity index (χ3v) is 8.78. The maximum absolute atomic E-state index is 13.1. The number of benzene rings is 1. The Labute approximate surface area is 193 Å². The highest BCUT2D eigenvalue weighted by Crippen LogP contribution is 2.21. The second-order valence-electron chi connectivity index (χ2n) is 8.09. The summed E-state index contributed by atoms with van der Waals surface area (Å²) in [5, 5.41) is 2.07. The third kappa shape index (κ3) is 5.03. The molecule has 4 rings (SSSR count). The monoisotopic (exact) mass is 476 g/mol. The number of piperazine rings is 2. The quantitative estimate of drug-likeness (QED) is 0.654. The van der Waals surface area contributed by atoms with E-state index in [1.54, 1.807) is 33.3 Å². The molecule has 2 amide bonds. The minimum atomic E-state index is -3.72. The Kier molecular flexibility index (Phi) is 6.94.